The summed E-state index contributed by atoms with van der Waals surface area (Å²) in [7, 11) is 0. The average molecular weight is 238 g/mol. The normalized spacial score (nSPS) is 13.6. The molecule has 0 N–H and O–H groups in total. The molecule has 1 aliphatic heterocycles. The van der Waals surface area contributed by atoms with Gasteiger partial charge in [0.05, 0.1) is 16.7 Å². The van der Waals surface area contributed by atoms with Gasteiger partial charge >= 0.3 is 0 Å². The third-order valence-corrected chi connectivity index (χ3v) is 3.09. The second-order valence-corrected chi connectivity index (χ2v) is 4.14. The first kappa shape index (κ1) is 10.7. The molecule has 0 aromatic heterocycles. The van der Waals surface area contributed by atoms with E-state index in [1.807, 2.05) is 18.2 Å². The maximum atomic E-state index is 12.2. The molecule has 2 aromatic carbocycles. The Labute approximate surface area is 104 Å². The quantitative estimate of drug-likeness (QED) is 0.716. The smallest absolute Gasteiger partial charge is 0.169 e. The number of hydrogen-bond acceptors (Lipinski definition) is 3. The van der Waals surface area contributed by atoms with Gasteiger partial charge in [0.1, 0.15) is 0 Å². The Morgan fingerprint density at radius 3 is 2.39 bits per heavy atom. The molecule has 4 heteroatoms. The van der Waals surface area contributed by atoms with Gasteiger partial charge in [-0.05, 0) is 23.8 Å². The number of carbonyl (C=O) groups excluding carboxylic acids is 1. The summed E-state index contributed by atoms with van der Waals surface area (Å²) in [4.78, 5) is 23.3. The van der Waals surface area contributed by atoms with Crippen molar-refractivity contribution in [3.63, 3.8) is 0 Å². The first-order valence-corrected chi connectivity index (χ1v) is 5.65. The van der Waals surface area contributed by atoms with Gasteiger partial charge in [-0.2, -0.15) is 5.01 Å². The highest BCUT2D eigenvalue weighted by molar-refractivity contribution is 6.05. The predicted molar refractivity (Wildman–Crippen MR) is 68.9 cm³/mol. The standard InChI is InChI=1S/C14H10N2O2/c17-14-9-10-5-1-3-7-12(10)16(15-18)13-8-4-2-6-11(13)14/h1-8H,9H2. The summed E-state index contributed by atoms with van der Waals surface area (Å²) in [6.07, 6.45) is 0.291. The highest BCUT2D eigenvalue weighted by atomic mass is 16.3. The first-order chi connectivity index (χ1) is 8.81. The fraction of sp³-hybridized carbons (Fsp3) is 0.0714. The molecule has 0 amide bonds. The SMILES string of the molecule is O=NN1c2ccccc2CC(=O)c2ccccc21. The largest absolute Gasteiger partial charge is 0.294 e. The van der Waals surface area contributed by atoms with E-state index in [1.54, 1.807) is 30.3 Å². The first-order valence-electron chi connectivity index (χ1n) is 5.65. The van der Waals surface area contributed by atoms with Crippen LogP contribution in [0.15, 0.2) is 53.8 Å². The molecule has 4 nitrogen and oxygen atoms in total. The van der Waals surface area contributed by atoms with Crippen molar-refractivity contribution in [2.75, 3.05) is 5.01 Å². The van der Waals surface area contributed by atoms with E-state index >= 15 is 0 Å². The third-order valence-electron chi connectivity index (χ3n) is 3.09. The zero-order chi connectivity index (χ0) is 12.5. The van der Waals surface area contributed by atoms with Crippen molar-refractivity contribution < 1.29 is 4.79 Å². The van der Waals surface area contributed by atoms with Crippen LogP contribution in [0.2, 0.25) is 0 Å². The molecule has 0 fully saturated rings. The van der Waals surface area contributed by atoms with Crippen LogP contribution in [0.3, 0.4) is 0 Å². The number of hydrogen-bond donors (Lipinski definition) is 0. The number of fused-ring (bicyclic) bond motifs is 2. The molecule has 0 unspecified atom stereocenters. The van der Waals surface area contributed by atoms with Gasteiger partial charge in [-0.3, -0.25) is 4.79 Å². The summed E-state index contributed by atoms with van der Waals surface area (Å²) in [5.74, 6) is 0.00389. The number of nitroso groups, excluding NO2 is 1. The molecule has 0 saturated carbocycles. The number of anilines is 2. The Morgan fingerprint density at radius 2 is 1.61 bits per heavy atom. The van der Waals surface area contributed by atoms with Crippen LogP contribution >= 0.6 is 0 Å². The van der Waals surface area contributed by atoms with E-state index in [-0.39, 0.29) is 5.78 Å². The van der Waals surface area contributed by atoms with E-state index in [9.17, 15) is 9.70 Å². The molecule has 3 rings (SSSR count). The Hall–Kier alpha value is -2.49. The lowest BCUT2D eigenvalue weighted by molar-refractivity contribution is 0.0994. The Bertz CT molecular complexity index is 637. The van der Waals surface area contributed by atoms with Gasteiger partial charge in [0.15, 0.2) is 5.78 Å². The predicted octanol–water partition coefficient (Wildman–Crippen LogP) is 3.24. The molecular formula is C14H10N2O2. The van der Waals surface area contributed by atoms with E-state index in [1.165, 1.54) is 5.01 Å². The molecule has 1 heterocycles. The van der Waals surface area contributed by atoms with Crippen LogP contribution in [0.5, 0.6) is 0 Å². The maximum absolute atomic E-state index is 12.2. The minimum absolute atomic E-state index is 0.00389. The van der Waals surface area contributed by atoms with Crippen LogP contribution in [0.4, 0.5) is 11.4 Å². The van der Waals surface area contributed by atoms with Crippen LogP contribution in [0.25, 0.3) is 0 Å². The van der Waals surface area contributed by atoms with Gasteiger partial charge in [0.25, 0.3) is 0 Å². The number of para-hydroxylation sites is 2. The number of ketones is 1. The van der Waals surface area contributed by atoms with Gasteiger partial charge in [-0.1, -0.05) is 30.3 Å². The lowest BCUT2D eigenvalue weighted by Gasteiger charge is -2.16. The van der Waals surface area contributed by atoms with Gasteiger partial charge in [-0.15, -0.1) is 4.91 Å². The summed E-state index contributed by atoms with van der Waals surface area (Å²) in [5.41, 5.74) is 2.57. The second kappa shape index (κ2) is 4.07. The van der Waals surface area contributed by atoms with Gasteiger partial charge in [0, 0.05) is 12.0 Å². The van der Waals surface area contributed by atoms with E-state index < -0.39 is 0 Å². The van der Waals surface area contributed by atoms with Gasteiger partial charge in [0.2, 0.25) is 0 Å². The molecule has 18 heavy (non-hydrogen) atoms. The number of nitrogens with zero attached hydrogens (tertiary/aromatic N) is 2. The second-order valence-electron chi connectivity index (χ2n) is 4.14. The molecule has 0 bridgehead atoms. The van der Waals surface area contributed by atoms with Crippen molar-refractivity contribution in [1.29, 1.82) is 0 Å². The Balaban J connectivity index is 2.30. The molecule has 0 saturated heterocycles. The van der Waals surface area contributed by atoms with Gasteiger partial charge in [-0.25, -0.2) is 0 Å². The molecule has 2 aromatic rings. The fourth-order valence-corrected chi connectivity index (χ4v) is 2.25. The van der Waals surface area contributed by atoms with Crippen LogP contribution < -0.4 is 5.01 Å². The van der Waals surface area contributed by atoms with E-state index in [2.05, 4.69) is 5.29 Å². The molecule has 0 radical (unpaired) electrons. The summed E-state index contributed by atoms with van der Waals surface area (Å²) >= 11 is 0. The zero-order valence-corrected chi connectivity index (χ0v) is 9.54. The number of Topliss-reactive ketones (excluding diaryl/α,β-unsaturated/α-hetero) is 1. The lowest BCUT2D eigenvalue weighted by Crippen LogP contribution is -2.09. The topological polar surface area (TPSA) is 49.7 Å². The van der Waals surface area contributed by atoms with Crippen molar-refractivity contribution in [3.8, 4) is 0 Å². The van der Waals surface area contributed by atoms with E-state index in [0.717, 1.165) is 5.56 Å². The summed E-state index contributed by atoms with van der Waals surface area (Å²) < 4.78 is 0. The molecule has 88 valence electrons. The summed E-state index contributed by atoms with van der Waals surface area (Å²) in [5, 5.41) is 4.34. The van der Waals surface area contributed by atoms with Crippen LogP contribution in [-0.4, -0.2) is 5.78 Å². The average Bonchev–Trinajstić information content (AvgIpc) is 2.53. The summed E-state index contributed by atoms with van der Waals surface area (Å²) in [6, 6.07) is 14.4. The van der Waals surface area contributed by atoms with Crippen LogP contribution in [0, 0.1) is 4.91 Å². The highest BCUT2D eigenvalue weighted by Gasteiger charge is 2.25. The summed E-state index contributed by atoms with van der Waals surface area (Å²) in [6.45, 7) is 0. The van der Waals surface area contributed by atoms with E-state index in [4.69, 9.17) is 0 Å². The van der Waals surface area contributed by atoms with Crippen molar-refractivity contribution in [1.82, 2.24) is 0 Å². The minimum Gasteiger partial charge on any atom is -0.294 e. The van der Waals surface area contributed by atoms with Crippen molar-refractivity contribution in [2.24, 2.45) is 5.29 Å². The Kier molecular flexibility index (Phi) is 2.41. The number of benzene rings is 2. The monoisotopic (exact) mass is 238 g/mol. The Morgan fingerprint density at radius 1 is 0.944 bits per heavy atom. The molecule has 0 aliphatic carbocycles. The molecule has 1 aliphatic rings. The molecular weight excluding hydrogens is 228 g/mol. The van der Waals surface area contributed by atoms with Crippen LogP contribution in [-0.2, 0) is 6.42 Å². The molecule has 0 atom stereocenters. The lowest BCUT2D eigenvalue weighted by atomic mass is 10.0. The van der Waals surface area contributed by atoms with Crippen LogP contribution in [0.1, 0.15) is 15.9 Å². The van der Waals surface area contributed by atoms with Crippen molar-refractivity contribution in [2.45, 2.75) is 6.42 Å². The number of rotatable bonds is 1. The van der Waals surface area contributed by atoms with Crippen molar-refractivity contribution in [3.05, 3.63) is 64.6 Å². The molecule has 0 spiro atoms. The maximum Gasteiger partial charge on any atom is 0.169 e. The van der Waals surface area contributed by atoms with E-state index in [0.29, 0.717) is 23.4 Å². The fourth-order valence-electron chi connectivity index (χ4n) is 2.25. The number of carbonyl (C=O) groups is 1. The third kappa shape index (κ3) is 1.50. The minimum atomic E-state index is 0.00389. The van der Waals surface area contributed by atoms with Gasteiger partial charge < -0.3 is 0 Å². The highest BCUT2D eigenvalue weighted by Crippen LogP contribution is 2.35. The van der Waals surface area contributed by atoms with Crippen molar-refractivity contribution >= 4 is 17.2 Å². The zero-order valence-electron chi connectivity index (χ0n) is 9.54.